The smallest absolute Gasteiger partial charge is 0.189 e. The van der Waals surface area contributed by atoms with E-state index in [9.17, 15) is 4.79 Å². The lowest BCUT2D eigenvalue weighted by molar-refractivity contribution is 0.163. The quantitative estimate of drug-likeness (QED) is 0.863. The molecule has 2 aromatic rings. The van der Waals surface area contributed by atoms with Gasteiger partial charge in [-0.2, -0.15) is 0 Å². The highest BCUT2D eigenvalue weighted by molar-refractivity contribution is 5.78. The predicted molar refractivity (Wildman–Crippen MR) is 72.9 cm³/mol. The maximum Gasteiger partial charge on any atom is 0.189 e. The second-order valence-corrected chi connectivity index (χ2v) is 4.29. The van der Waals surface area contributed by atoms with Gasteiger partial charge < -0.3 is 14.6 Å². The summed E-state index contributed by atoms with van der Waals surface area (Å²) in [5, 5.41) is 3.96. The molecule has 4 heteroatoms. The van der Waals surface area contributed by atoms with E-state index >= 15 is 0 Å². The first kappa shape index (κ1) is 12.8. The van der Waals surface area contributed by atoms with Crippen LogP contribution in [0.1, 0.15) is 0 Å². The Morgan fingerprint density at radius 2 is 2.11 bits per heavy atom. The zero-order valence-corrected chi connectivity index (χ0v) is 10.7. The lowest BCUT2D eigenvalue weighted by Crippen LogP contribution is -2.34. The molecule has 0 aliphatic rings. The van der Waals surface area contributed by atoms with Crippen LogP contribution in [-0.4, -0.2) is 31.4 Å². The molecule has 1 heterocycles. The fourth-order valence-electron chi connectivity index (χ4n) is 2.09. The largest absolute Gasteiger partial charge is 0.383 e. The van der Waals surface area contributed by atoms with Crippen molar-refractivity contribution in [2.24, 2.45) is 0 Å². The molecule has 0 fully saturated rings. The molecule has 1 N–H and O–H groups in total. The van der Waals surface area contributed by atoms with E-state index < -0.39 is 0 Å². The maximum atomic E-state index is 11.8. The Balaban J connectivity index is 2.39. The molecule has 1 unspecified atom stereocenters. The Hall–Kier alpha value is -1.65. The number of benzene rings is 1. The third-order valence-corrected chi connectivity index (χ3v) is 3.08. The maximum absolute atomic E-state index is 11.8. The fourth-order valence-corrected chi connectivity index (χ4v) is 2.09. The molecule has 0 saturated heterocycles. The molecule has 4 nitrogen and oxygen atoms in total. The third-order valence-electron chi connectivity index (χ3n) is 3.08. The van der Waals surface area contributed by atoms with E-state index in [0.717, 1.165) is 17.4 Å². The van der Waals surface area contributed by atoms with Crippen LogP contribution in [0.2, 0.25) is 0 Å². The summed E-state index contributed by atoms with van der Waals surface area (Å²) in [6.45, 7) is 1.40. The summed E-state index contributed by atoms with van der Waals surface area (Å²) in [6.07, 6.45) is 1.84. The highest BCUT2D eigenvalue weighted by Gasteiger charge is 2.08. The number of rotatable bonds is 5. The van der Waals surface area contributed by atoms with Crippen LogP contribution >= 0.6 is 0 Å². The van der Waals surface area contributed by atoms with Gasteiger partial charge in [-0.1, -0.05) is 12.1 Å². The van der Waals surface area contributed by atoms with Crippen molar-refractivity contribution < 1.29 is 4.74 Å². The van der Waals surface area contributed by atoms with Crippen LogP contribution in [0.25, 0.3) is 10.9 Å². The summed E-state index contributed by atoms with van der Waals surface area (Å²) in [7, 11) is 3.60. The van der Waals surface area contributed by atoms with E-state index in [1.807, 2.05) is 37.5 Å². The van der Waals surface area contributed by atoms with Crippen molar-refractivity contribution >= 4 is 10.9 Å². The van der Waals surface area contributed by atoms with Gasteiger partial charge in [-0.3, -0.25) is 4.79 Å². The van der Waals surface area contributed by atoms with Crippen molar-refractivity contribution in [3.8, 4) is 0 Å². The average molecular weight is 246 g/mol. The number of likely N-dealkylation sites (N-methyl/N-ethyl adjacent to an activating group) is 1. The predicted octanol–water partition coefficient (Wildman–Crippen LogP) is 1.24. The molecule has 0 saturated carbocycles. The monoisotopic (exact) mass is 246 g/mol. The summed E-state index contributed by atoms with van der Waals surface area (Å²) in [5.74, 6) is 0. The number of hydrogen-bond donors (Lipinski definition) is 1. The highest BCUT2D eigenvalue weighted by atomic mass is 16.5. The fraction of sp³-hybridized carbons (Fsp3) is 0.357. The SMILES string of the molecule is CNC(COC)Cn1ccc(=O)c2ccccc21. The highest BCUT2D eigenvalue weighted by Crippen LogP contribution is 2.10. The summed E-state index contributed by atoms with van der Waals surface area (Å²) >= 11 is 0. The first-order chi connectivity index (χ1) is 8.76. The van der Waals surface area contributed by atoms with Gasteiger partial charge in [0.15, 0.2) is 5.43 Å². The van der Waals surface area contributed by atoms with Crippen molar-refractivity contribution in [3.05, 3.63) is 46.8 Å². The van der Waals surface area contributed by atoms with E-state index in [-0.39, 0.29) is 11.5 Å². The van der Waals surface area contributed by atoms with Crippen LogP contribution < -0.4 is 10.7 Å². The number of methoxy groups -OCH3 is 1. The van der Waals surface area contributed by atoms with Crippen LogP contribution in [0.5, 0.6) is 0 Å². The first-order valence-corrected chi connectivity index (χ1v) is 6.00. The molecule has 0 radical (unpaired) electrons. The molecule has 1 aromatic heterocycles. The van der Waals surface area contributed by atoms with Crippen LogP contribution in [-0.2, 0) is 11.3 Å². The zero-order valence-electron chi connectivity index (χ0n) is 10.7. The van der Waals surface area contributed by atoms with Crippen molar-refractivity contribution in [2.45, 2.75) is 12.6 Å². The van der Waals surface area contributed by atoms with Crippen LogP contribution in [0.4, 0.5) is 0 Å². The van der Waals surface area contributed by atoms with Crippen LogP contribution in [0.15, 0.2) is 41.3 Å². The zero-order chi connectivity index (χ0) is 13.0. The van der Waals surface area contributed by atoms with Gasteiger partial charge in [-0.15, -0.1) is 0 Å². The number of pyridine rings is 1. The molecular formula is C14H18N2O2. The number of para-hydroxylation sites is 1. The number of fused-ring (bicyclic) bond motifs is 1. The minimum atomic E-state index is 0.0644. The van der Waals surface area contributed by atoms with Crippen molar-refractivity contribution in [1.29, 1.82) is 0 Å². The molecule has 0 spiro atoms. The molecule has 0 aliphatic heterocycles. The molecule has 0 amide bonds. The van der Waals surface area contributed by atoms with Gasteiger partial charge in [0.25, 0.3) is 0 Å². The van der Waals surface area contributed by atoms with E-state index in [1.165, 1.54) is 0 Å². The Labute approximate surface area is 106 Å². The Bertz CT molecular complexity index is 577. The van der Waals surface area contributed by atoms with Gasteiger partial charge in [-0.05, 0) is 19.2 Å². The lowest BCUT2D eigenvalue weighted by atomic mass is 10.2. The summed E-state index contributed by atoms with van der Waals surface area (Å²) in [5.41, 5.74) is 1.02. The molecule has 2 rings (SSSR count). The van der Waals surface area contributed by atoms with E-state index in [1.54, 1.807) is 13.2 Å². The van der Waals surface area contributed by atoms with Crippen LogP contribution in [0, 0.1) is 0 Å². The van der Waals surface area contributed by atoms with Crippen molar-refractivity contribution in [2.75, 3.05) is 20.8 Å². The standard InChI is InChI=1S/C14H18N2O2/c1-15-11(10-18-2)9-16-8-7-14(17)12-5-3-4-6-13(12)16/h3-8,11,15H,9-10H2,1-2H3. The first-order valence-electron chi connectivity index (χ1n) is 6.00. The van der Waals surface area contributed by atoms with Gasteiger partial charge in [0.1, 0.15) is 0 Å². The third kappa shape index (κ3) is 2.60. The van der Waals surface area contributed by atoms with E-state index in [0.29, 0.717) is 6.61 Å². The Kier molecular flexibility index (Phi) is 4.12. The minimum absolute atomic E-state index is 0.0644. The Morgan fingerprint density at radius 3 is 2.83 bits per heavy atom. The van der Waals surface area contributed by atoms with Crippen molar-refractivity contribution in [3.63, 3.8) is 0 Å². The van der Waals surface area contributed by atoms with Gasteiger partial charge in [-0.25, -0.2) is 0 Å². The minimum Gasteiger partial charge on any atom is -0.383 e. The lowest BCUT2D eigenvalue weighted by Gasteiger charge is -2.18. The molecule has 18 heavy (non-hydrogen) atoms. The summed E-state index contributed by atoms with van der Waals surface area (Å²) < 4.78 is 7.25. The number of aromatic nitrogens is 1. The van der Waals surface area contributed by atoms with Gasteiger partial charge >= 0.3 is 0 Å². The molecule has 96 valence electrons. The normalized spacial score (nSPS) is 12.8. The number of hydrogen-bond acceptors (Lipinski definition) is 3. The average Bonchev–Trinajstić information content (AvgIpc) is 2.41. The molecule has 0 aliphatic carbocycles. The molecule has 1 atom stereocenters. The second kappa shape index (κ2) is 5.80. The van der Waals surface area contributed by atoms with Gasteiger partial charge in [0.05, 0.1) is 12.1 Å². The van der Waals surface area contributed by atoms with Gasteiger partial charge in [0.2, 0.25) is 0 Å². The van der Waals surface area contributed by atoms with E-state index in [4.69, 9.17) is 4.74 Å². The molecule has 1 aromatic carbocycles. The van der Waals surface area contributed by atoms with Crippen LogP contribution in [0.3, 0.4) is 0 Å². The Morgan fingerprint density at radius 1 is 1.33 bits per heavy atom. The molecular weight excluding hydrogens is 228 g/mol. The number of ether oxygens (including phenoxy) is 1. The topological polar surface area (TPSA) is 43.3 Å². The summed E-state index contributed by atoms with van der Waals surface area (Å²) in [6, 6.07) is 9.50. The summed E-state index contributed by atoms with van der Waals surface area (Å²) in [4.78, 5) is 11.8. The van der Waals surface area contributed by atoms with E-state index in [2.05, 4.69) is 9.88 Å². The number of nitrogens with zero attached hydrogens (tertiary/aromatic N) is 1. The van der Waals surface area contributed by atoms with Crippen molar-refractivity contribution in [1.82, 2.24) is 9.88 Å². The van der Waals surface area contributed by atoms with Gasteiger partial charge in [0, 0.05) is 37.3 Å². The molecule has 0 bridgehead atoms. The second-order valence-electron chi connectivity index (χ2n) is 4.29. The number of nitrogens with one attached hydrogen (secondary N) is 1.